The quantitative estimate of drug-likeness (QED) is 0.356. The van der Waals surface area contributed by atoms with Gasteiger partial charge in [-0.1, -0.05) is 0 Å². The van der Waals surface area contributed by atoms with Crippen molar-refractivity contribution in [2.45, 2.75) is 23.8 Å². The van der Waals surface area contributed by atoms with Crippen LogP contribution in [0.15, 0.2) is 75.3 Å². The fourth-order valence-corrected chi connectivity index (χ4v) is 3.68. The Labute approximate surface area is 190 Å². The molecule has 2 aromatic carbocycles. The maximum atomic E-state index is 12.2. The Morgan fingerprint density at radius 3 is 2.15 bits per heavy atom. The maximum Gasteiger partial charge on any atom is 0.573 e. The van der Waals surface area contributed by atoms with Crippen molar-refractivity contribution in [2.24, 2.45) is 7.05 Å². The molecule has 3 rings (SSSR count). The molecule has 12 heteroatoms. The molecule has 8 nitrogen and oxygen atoms in total. The van der Waals surface area contributed by atoms with Crippen LogP contribution in [0.4, 0.5) is 13.2 Å². The molecule has 0 aliphatic heterocycles. The summed E-state index contributed by atoms with van der Waals surface area (Å²) in [5.74, 6) is 0.829. The van der Waals surface area contributed by atoms with Crippen LogP contribution in [0.25, 0.3) is 0 Å². The number of nitrogens with zero attached hydrogens (tertiary/aromatic N) is 2. The van der Waals surface area contributed by atoms with Gasteiger partial charge >= 0.3 is 12.1 Å². The largest absolute Gasteiger partial charge is 0.573 e. The zero-order valence-electron chi connectivity index (χ0n) is 17.3. The van der Waals surface area contributed by atoms with Crippen molar-refractivity contribution in [1.29, 1.82) is 0 Å². The van der Waals surface area contributed by atoms with E-state index in [4.69, 9.17) is 4.74 Å². The number of ether oxygens (including phenoxy) is 2. The highest BCUT2D eigenvalue weighted by atomic mass is 32.2. The molecule has 0 spiro atoms. The maximum absolute atomic E-state index is 12.2. The van der Waals surface area contributed by atoms with Gasteiger partial charge in [0.05, 0.1) is 6.04 Å². The summed E-state index contributed by atoms with van der Waals surface area (Å²) in [6.07, 6.45) is -3.38. The van der Waals surface area contributed by atoms with Crippen LogP contribution in [0.2, 0.25) is 0 Å². The van der Waals surface area contributed by atoms with Crippen LogP contribution in [-0.4, -0.2) is 32.5 Å². The zero-order valence-corrected chi connectivity index (χ0v) is 18.1. The number of rotatable bonds is 9. The summed E-state index contributed by atoms with van der Waals surface area (Å²) < 4.78 is 48.4. The third-order valence-electron chi connectivity index (χ3n) is 4.39. The molecule has 0 aliphatic rings. The minimum absolute atomic E-state index is 0.00884. The van der Waals surface area contributed by atoms with E-state index in [9.17, 15) is 28.0 Å². The first kappa shape index (κ1) is 24.4. The molecule has 0 saturated carbocycles. The van der Waals surface area contributed by atoms with Crippen LogP contribution in [0.3, 0.4) is 0 Å². The summed E-state index contributed by atoms with van der Waals surface area (Å²) in [6.45, 7) is -0.00884. The number of alkyl halides is 3. The van der Waals surface area contributed by atoms with Crippen molar-refractivity contribution in [2.75, 3.05) is 5.75 Å². The number of aryl methyl sites for hydroxylation is 1. The van der Waals surface area contributed by atoms with Gasteiger partial charge < -0.3 is 19.2 Å². The number of hydrogen-bond donors (Lipinski definition) is 2. The van der Waals surface area contributed by atoms with Gasteiger partial charge in [0.15, 0.2) is 0 Å². The van der Waals surface area contributed by atoms with Crippen LogP contribution in [0.1, 0.15) is 0 Å². The number of benzene rings is 2. The summed E-state index contributed by atoms with van der Waals surface area (Å²) in [5, 5.41) is 9.43. The second-order valence-electron chi connectivity index (χ2n) is 6.89. The highest BCUT2D eigenvalue weighted by molar-refractivity contribution is 7.99. The third kappa shape index (κ3) is 7.14. The molecular formula is C21H20F3N3O5S. The monoisotopic (exact) mass is 483 g/mol. The summed E-state index contributed by atoms with van der Waals surface area (Å²) >= 11 is 1.39. The van der Waals surface area contributed by atoms with Crippen LogP contribution in [0.5, 0.6) is 17.2 Å². The van der Waals surface area contributed by atoms with E-state index in [2.05, 4.69) is 10.2 Å². The second-order valence-corrected chi connectivity index (χ2v) is 7.98. The SMILES string of the molecule is Cn1ccc(=O)n(CC(CSc2ccc(Oc3ccc(OC(F)(F)F)cc3)cc2)NO)c1=O. The Hall–Kier alpha value is -3.22. The van der Waals surface area contributed by atoms with Crippen molar-refractivity contribution in [1.82, 2.24) is 14.6 Å². The van der Waals surface area contributed by atoms with Crippen molar-refractivity contribution >= 4 is 11.8 Å². The number of nitrogens with one attached hydrogen (secondary N) is 1. The van der Waals surface area contributed by atoms with Crippen molar-refractivity contribution < 1.29 is 27.9 Å². The Morgan fingerprint density at radius 1 is 1.00 bits per heavy atom. The molecule has 0 amide bonds. The highest BCUT2D eigenvalue weighted by Crippen LogP contribution is 2.28. The molecule has 2 N–H and O–H groups in total. The van der Waals surface area contributed by atoms with Gasteiger partial charge in [0.2, 0.25) is 0 Å². The Kier molecular flexibility index (Phi) is 7.84. The fraction of sp³-hybridized carbons (Fsp3) is 0.238. The molecule has 1 aromatic heterocycles. The fourth-order valence-electron chi connectivity index (χ4n) is 2.78. The van der Waals surface area contributed by atoms with Gasteiger partial charge in [-0.25, -0.2) is 4.79 Å². The van der Waals surface area contributed by atoms with Gasteiger partial charge in [0, 0.05) is 36.5 Å². The highest BCUT2D eigenvalue weighted by Gasteiger charge is 2.31. The Bertz CT molecular complexity index is 1180. The van der Waals surface area contributed by atoms with Gasteiger partial charge in [-0.3, -0.25) is 9.36 Å². The lowest BCUT2D eigenvalue weighted by molar-refractivity contribution is -0.274. The smallest absolute Gasteiger partial charge is 0.457 e. The van der Waals surface area contributed by atoms with Gasteiger partial charge in [-0.05, 0) is 48.5 Å². The molecule has 0 aliphatic carbocycles. The number of hydroxylamine groups is 1. The third-order valence-corrected chi connectivity index (χ3v) is 5.57. The predicted octanol–water partition coefficient (Wildman–Crippen LogP) is 3.38. The van der Waals surface area contributed by atoms with E-state index in [0.29, 0.717) is 17.3 Å². The van der Waals surface area contributed by atoms with Crippen LogP contribution in [-0.2, 0) is 13.6 Å². The lowest BCUT2D eigenvalue weighted by atomic mass is 10.3. The molecule has 3 aromatic rings. The van der Waals surface area contributed by atoms with E-state index in [-0.39, 0.29) is 12.3 Å². The first-order chi connectivity index (χ1) is 15.6. The predicted molar refractivity (Wildman–Crippen MR) is 115 cm³/mol. The lowest BCUT2D eigenvalue weighted by Gasteiger charge is -2.16. The molecule has 0 saturated heterocycles. The molecule has 1 atom stereocenters. The molecular weight excluding hydrogens is 463 g/mol. The summed E-state index contributed by atoms with van der Waals surface area (Å²) in [4.78, 5) is 24.9. The Morgan fingerprint density at radius 2 is 1.58 bits per heavy atom. The molecule has 176 valence electrons. The molecule has 0 bridgehead atoms. The van der Waals surface area contributed by atoms with Gasteiger partial charge in [-0.15, -0.1) is 24.9 Å². The normalized spacial score (nSPS) is 12.4. The summed E-state index contributed by atoms with van der Waals surface area (Å²) in [7, 11) is 1.53. The van der Waals surface area contributed by atoms with Gasteiger partial charge in [0.1, 0.15) is 17.2 Å². The van der Waals surface area contributed by atoms with E-state index < -0.39 is 23.7 Å². The van der Waals surface area contributed by atoms with E-state index in [1.807, 2.05) is 0 Å². The number of halogens is 3. The molecule has 1 heterocycles. The first-order valence-electron chi connectivity index (χ1n) is 9.57. The molecule has 0 fully saturated rings. The van der Waals surface area contributed by atoms with E-state index in [0.717, 1.165) is 21.6 Å². The van der Waals surface area contributed by atoms with Crippen LogP contribution < -0.4 is 26.2 Å². The van der Waals surface area contributed by atoms with Crippen LogP contribution >= 0.6 is 11.8 Å². The van der Waals surface area contributed by atoms with Gasteiger partial charge in [-0.2, -0.15) is 5.48 Å². The number of hydrogen-bond acceptors (Lipinski definition) is 7. The second kappa shape index (κ2) is 10.6. The summed E-state index contributed by atoms with van der Waals surface area (Å²) in [6, 6.07) is 12.6. The zero-order chi connectivity index (χ0) is 24.0. The topological polar surface area (TPSA) is 94.7 Å². The number of thioether (sulfide) groups is 1. The molecule has 0 radical (unpaired) electrons. The Balaban J connectivity index is 1.56. The van der Waals surface area contributed by atoms with Crippen molar-refractivity contribution in [3.8, 4) is 17.2 Å². The lowest BCUT2D eigenvalue weighted by Crippen LogP contribution is -2.44. The standard InChI is InChI=1S/C21H20F3N3O5S/c1-26-11-10-19(28)27(20(26)29)12-14(25-30)13-33-18-8-6-16(7-9-18)31-15-2-4-17(5-3-15)32-21(22,23)24/h2-11,14,25,30H,12-13H2,1H3. The van der Waals surface area contributed by atoms with Gasteiger partial charge in [0.25, 0.3) is 5.56 Å². The van der Waals surface area contributed by atoms with E-state index in [1.165, 1.54) is 47.8 Å². The number of aromatic nitrogens is 2. The minimum Gasteiger partial charge on any atom is -0.457 e. The first-order valence-corrected chi connectivity index (χ1v) is 10.6. The summed E-state index contributed by atoms with van der Waals surface area (Å²) in [5.41, 5.74) is 1.19. The van der Waals surface area contributed by atoms with E-state index in [1.54, 1.807) is 24.3 Å². The average molecular weight is 483 g/mol. The molecule has 1 unspecified atom stereocenters. The van der Waals surface area contributed by atoms with E-state index >= 15 is 0 Å². The van der Waals surface area contributed by atoms with Crippen LogP contribution in [0, 0.1) is 0 Å². The minimum atomic E-state index is -4.76. The average Bonchev–Trinajstić information content (AvgIpc) is 2.77. The van der Waals surface area contributed by atoms with Crippen molar-refractivity contribution in [3.05, 3.63) is 81.6 Å². The van der Waals surface area contributed by atoms with Crippen molar-refractivity contribution in [3.63, 3.8) is 0 Å². The molecule has 33 heavy (non-hydrogen) atoms.